The van der Waals surface area contributed by atoms with Gasteiger partial charge in [-0.25, -0.2) is 4.98 Å². The van der Waals surface area contributed by atoms with Crippen molar-refractivity contribution >= 4 is 28.8 Å². The Morgan fingerprint density at radius 3 is 2.67 bits per heavy atom. The van der Waals surface area contributed by atoms with Gasteiger partial charge in [0.15, 0.2) is 0 Å². The summed E-state index contributed by atoms with van der Waals surface area (Å²) >= 11 is 0. The molecule has 154 valence electrons. The molecule has 3 heterocycles. The molecule has 30 heavy (non-hydrogen) atoms. The number of carbonyl (C=O) groups excluding carboxylic acids is 3. The van der Waals surface area contributed by atoms with Crippen LogP contribution >= 0.6 is 0 Å². The molecular formula is C22H23N5O3. The second kappa shape index (κ2) is 8.06. The number of pyridine rings is 1. The van der Waals surface area contributed by atoms with Crippen LogP contribution in [-0.4, -0.2) is 44.1 Å². The molecule has 0 bridgehead atoms. The molecular weight excluding hydrogens is 382 g/mol. The fourth-order valence-electron chi connectivity index (χ4n) is 3.63. The van der Waals surface area contributed by atoms with Gasteiger partial charge in [-0.3, -0.25) is 24.3 Å². The molecule has 0 radical (unpaired) electrons. The Balaban J connectivity index is 1.36. The zero-order valence-electron chi connectivity index (χ0n) is 16.9. The summed E-state index contributed by atoms with van der Waals surface area (Å²) in [5, 5.41) is 3.03. The maximum atomic E-state index is 12.5. The fourth-order valence-corrected chi connectivity index (χ4v) is 3.63. The zero-order chi connectivity index (χ0) is 21.3. The molecule has 0 saturated carbocycles. The van der Waals surface area contributed by atoms with E-state index in [4.69, 9.17) is 0 Å². The first-order valence-electron chi connectivity index (χ1n) is 10.0. The number of para-hydroxylation sites is 2. The largest absolute Gasteiger partial charge is 0.346 e. The molecule has 8 heteroatoms. The van der Waals surface area contributed by atoms with Gasteiger partial charge in [-0.15, -0.1) is 0 Å². The van der Waals surface area contributed by atoms with E-state index in [1.165, 1.54) is 6.20 Å². The van der Waals surface area contributed by atoms with E-state index in [9.17, 15) is 14.4 Å². The normalized spacial score (nSPS) is 14.4. The number of imidazole rings is 1. The van der Waals surface area contributed by atoms with Gasteiger partial charge < -0.3 is 10.3 Å². The third kappa shape index (κ3) is 3.68. The molecule has 3 aromatic rings. The Morgan fingerprint density at radius 2 is 1.93 bits per heavy atom. The van der Waals surface area contributed by atoms with E-state index < -0.39 is 5.91 Å². The Hall–Kier alpha value is -3.55. The van der Waals surface area contributed by atoms with Crippen LogP contribution in [0.25, 0.3) is 11.0 Å². The molecule has 1 atom stereocenters. The topological polar surface area (TPSA) is 108 Å². The van der Waals surface area contributed by atoms with Crippen molar-refractivity contribution in [3.8, 4) is 0 Å². The molecule has 0 fully saturated rings. The number of aromatic amines is 1. The van der Waals surface area contributed by atoms with E-state index in [2.05, 4.69) is 20.3 Å². The first kappa shape index (κ1) is 19.8. The highest BCUT2D eigenvalue weighted by Gasteiger charge is 2.36. The molecule has 1 aliphatic rings. The van der Waals surface area contributed by atoms with Crippen molar-refractivity contribution in [3.63, 3.8) is 0 Å². The third-order valence-electron chi connectivity index (χ3n) is 5.20. The van der Waals surface area contributed by atoms with Crippen LogP contribution in [0.1, 0.15) is 59.4 Å². The number of nitrogens with zero attached hydrogens (tertiary/aromatic N) is 3. The van der Waals surface area contributed by atoms with Crippen molar-refractivity contribution in [1.29, 1.82) is 0 Å². The van der Waals surface area contributed by atoms with Crippen molar-refractivity contribution in [2.45, 2.75) is 32.7 Å². The molecule has 1 aromatic carbocycles. The SMILES string of the molecule is CC(C)[C@H](NC(=O)CCCN1C(=O)c2cccnc2C1=O)c1nc2ccccc2[nH]1. The van der Waals surface area contributed by atoms with Crippen LogP contribution in [0.4, 0.5) is 0 Å². The number of H-pyrrole nitrogens is 1. The summed E-state index contributed by atoms with van der Waals surface area (Å²) in [6.45, 7) is 4.21. The Labute approximate surface area is 173 Å². The van der Waals surface area contributed by atoms with Crippen molar-refractivity contribution < 1.29 is 14.4 Å². The van der Waals surface area contributed by atoms with Gasteiger partial charge in [0.2, 0.25) is 5.91 Å². The number of hydrogen-bond acceptors (Lipinski definition) is 5. The molecule has 0 unspecified atom stereocenters. The van der Waals surface area contributed by atoms with Gasteiger partial charge in [0, 0.05) is 19.2 Å². The fraction of sp³-hybridized carbons (Fsp3) is 0.318. The molecule has 2 aromatic heterocycles. The van der Waals surface area contributed by atoms with Gasteiger partial charge in [0.05, 0.1) is 22.6 Å². The lowest BCUT2D eigenvalue weighted by Crippen LogP contribution is -2.34. The molecule has 1 aliphatic heterocycles. The van der Waals surface area contributed by atoms with Crippen LogP contribution in [-0.2, 0) is 4.79 Å². The number of imide groups is 1. The molecule has 8 nitrogen and oxygen atoms in total. The van der Waals surface area contributed by atoms with Gasteiger partial charge in [0.1, 0.15) is 11.5 Å². The molecule has 0 spiro atoms. The van der Waals surface area contributed by atoms with E-state index in [-0.39, 0.29) is 42.4 Å². The zero-order valence-corrected chi connectivity index (χ0v) is 16.9. The third-order valence-corrected chi connectivity index (χ3v) is 5.20. The lowest BCUT2D eigenvalue weighted by atomic mass is 10.0. The van der Waals surface area contributed by atoms with Gasteiger partial charge in [0.25, 0.3) is 11.8 Å². The Morgan fingerprint density at radius 1 is 1.13 bits per heavy atom. The van der Waals surface area contributed by atoms with Gasteiger partial charge in [-0.05, 0) is 36.6 Å². The summed E-state index contributed by atoms with van der Waals surface area (Å²) in [4.78, 5) is 50.3. The maximum absolute atomic E-state index is 12.5. The second-order valence-electron chi connectivity index (χ2n) is 7.69. The molecule has 2 N–H and O–H groups in total. The number of amides is 3. The number of benzene rings is 1. The van der Waals surface area contributed by atoms with Crippen LogP contribution in [0.2, 0.25) is 0 Å². The first-order chi connectivity index (χ1) is 14.5. The first-order valence-corrected chi connectivity index (χ1v) is 10.0. The second-order valence-corrected chi connectivity index (χ2v) is 7.69. The minimum atomic E-state index is -0.404. The lowest BCUT2D eigenvalue weighted by molar-refractivity contribution is -0.122. The van der Waals surface area contributed by atoms with Crippen LogP contribution in [0.3, 0.4) is 0 Å². The van der Waals surface area contributed by atoms with Crippen LogP contribution in [0, 0.1) is 5.92 Å². The maximum Gasteiger partial charge on any atom is 0.280 e. The lowest BCUT2D eigenvalue weighted by Gasteiger charge is -2.20. The number of aromatic nitrogens is 3. The molecule has 4 rings (SSSR count). The summed E-state index contributed by atoms with van der Waals surface area (Å²) < 4.78 is 0. The van der Waals surface area contributed by atoms with E-state index in [1.807, 2.05) is 38.1 Å². The average Bonchev–Trinajstić information content (AvgIpc) is 3.27. The standard InChI is InChI=1S/C22H23N5O3/c1-13(2)18(20-24-15-8-3-4-9-16(15)25-20)26-17(28)10-6-12-27-21(29)14-7-5-11-23-19(14)22(27)30/h3-5,7-9,11,13,18H,6,10,12H2,1-2H3,(H,24,25)(H,26,28)/t18-/m0/s1. The highest BCUT2D eigenvalue weighted by atomic mass is 16.2. The molecule has 3 amide bonds. The van der Waals surface area contributed by atoms with E-state index in [1.54, 1.807) is 12.1 Å². The summed E-state index contributed by atoms with van der Waals surface area (Å²) in [7, 11) is 0. The van der Waals surface area contributed by atoms with Crippen molar-refractivity contribution in [2.75, 3.05) is 6.54 Å². The number of fused-ring (bicyclic) bond motifs is 2. The predicted molar refractivity (Wildman–Crippen MR) is 111 cm³/mol. The van der Waals surface area contributed by atoms with Gasteiger partial charge >= 0.3 is 0 Å². The number of carbonyl (C=O) groups is 3. The van der Waals surface area contributed by atoms with Crippen molar-refractivity contribution in [2.24, 2.45) is 5.92 Å². The smallest absolute Gasteiger partial charge is 0.280 e. The number of hydrogen-bond donors (Lipinski definition) is 2. The highest BCUT2D eigenvalue weighted by molar-refractivity contribution is 6.20. The van der Waals surface area contributed by atoms with E-state index in [0.29, 0.717) is 17.8 Å². The van der Waals surface area contributed by atoms with Crippen LogP contribution < -0.4 is 5.32 Å². The van der Waals surface area contributed by atoms with E-state index in [0.717, 1.165) is 15.9 Å². The van der Waals surface area contributed by atoms with Crippen LogP contribution in [0.15, 0.2) is 42.6 Å². The number of nitrogens with one attached hydrogen (secondary N) is 2. The number of rotatable bonds is 7. The highest BCUT2D eigenvalue weighted by Crippen LogP contribution is 2.23. The van der Waals surface area contributed by atoms with Crippen LogP contribution in [0.5, 0.6) is 0 Å². The quantitative estimate of drug-likeness (QED) is 0.588. The summed E-state index contributed by atoms with van der Waals surface area (Å²) in [5.41, 5.74) is 2.27. The Kier molecular flexibility index (Phi) is 5.31. The minimum absolute atomic E-state index is 0.136. The van der Waals surface area contributed by atoms with Gasteiger partial charge in [-0.1, -0.05) is 26.0 Å². The summed E-state index contributed by atoms with van der Waals surface area (Å²) in [5.74, 6) is -0.0594. The summed E-state index contributed by atoms with van der Waals surface area (Å²) in [6, 6.07) is 10.7. The molecule has 0 aliphatic carbocycles. The van der Waals surface area contributed by atoms with Gasteiger partial charge in [-0.2, -0.15) is 0 Å². The minimum Gasteiger partial charge on any atom is -0.346 e. The van der Waals surface area contributed by atoms with Crippen molar-refractivity contribution in [3.05, 3.63) is 59.7 Å². The predicted octanol–water partition coefficient (Wildman–Crippen LogP) is 2.85. The Bertz CT molecular complexity index is 1050. The average molecular weight is 405 g/mol. The van der Waals surface area contributed by atoms with E-state index >= 15 is 0 Å². The summed E-state index contributed by atoms with van der Waals surface area (Å²) in [6.07, 6.45) is 2.07. The monoisotopic (exact) mass is 405 g/mol. The molecule has 0 saturated heterocycles. The van der Waals surface area contributed by atoms with Crippen molar-refractivity contribution in [1.82, 2.24) is 25.2 Å².